The van der Waals surface area contributed by atoms with Gasteiger partial charge in [0.15, 0.2) is 0 Å². The van der Waals surface area contributed by atoms with E-state index in [1.165, 1.54) is 0 Å². The van der Waals surface area contributed by atoms with Crippen molar-refractivity contribution in [1.29, 1.82) is 0 Å². The maximum Gasteiger partial charge on any atom is 0.217 e. The number of nitrogens with zero attached hydrogens (tertiary/aromatic N) is 1. The fraction of sp³-hybridized carbons (Fsp3) is 0.875. The van der Waals surface area contributed by atoms with Crippen molar-refractivity contribution in [1.82, 2.24) is 10.2 Å². The van der Waals surface area contributed by atoms with E-state index >= 15 is 0 Å². The largest absolute Gasteiger partial charge is 0.352 e. The van der Waals surface area contributed by atoms with Crippen LogP contribution >= 0.6 is 0 Å². The zero-order chi connectivity index (χ0) is 8.43. The number of hydrogen-bond acceptors (Lipinski definition) is 2. The van der Waals surface area contributed by atoms with Gasteiger partial charge in [0.1, 0.15) is 0 Å². The average molecular weight is 156 g/mol. The lowest BCUT2D eigenvalue weighted by molar-refractivity contribution is -0.119. The molecule has 2 atom stereocenters. The number of amides is 1. The number of hydrogen-bond donors (Lipinski definition) is 1. The predicted octanol–water partition coefficient (Wildman–Crippen LogP) is 0.0726. The molecular formula is C8H16N2O. The van der Waals surface area contributed by atoms with Crippen molar-refractivity contribution in [2.75, 3.05) is 20.1 Å². The molecule has 2 unspecified atom stereocenters. The molecule has 0 aromatic heterocycles. The van der Waals surface area contributed by atoms with Gasteiger partial charge in [-0.2, -0.15) is 0 Å². The fourth-order valence-electron chi connectivity index (χ4n) is 1.66. The zero-order valence-electron chi connectivity index (χ0n) is 7.42. The summed E-state index contributed by atoms with van der Waals surface area (Å²) >= 11 is 0. The number of likely N-dealkylation sites (tertiary alicyclic amines) is 1. The molecule has 64 valence electrons. The Morgan fingerprint density at radius 3 is 2.55 bits per heavy atom. The minimum absolute atomic E-state index is 0.0807. The Labute approximate surface area is 67.8 Å². The normalized spacial score (nSPS) is 32.3. The molecule has 1 rings (SSSR count). The first-order chi connectivity index (χ1) is 5.09. The Balaban J connectivity index is 2.40. The van der Waals surface area contributed by atoms with Gasteiger partial charge < -0.3 is 10.2 Å². The third kappa shape index (κ3) is 2.19. The first-order valence-electron chi connectivity index (χ1n) is 4.05. The summed E-state index contributed by atoms with van der Waals surface area (Å²) in [5.41, 5.74) is 0. The van der Waals surface area contributed by atoms with E-state index in [1.807, 2.05) is 0 Å². The maximum atomic E-state index is 10.7. The molecular weight excluding hydrogens is 140 g/mol. The van der Waals surface area contributed by atoms with E-state index in [0.717, 1.165) is 13.1 Å². The molecule has 1 fully saturated rings. The molecule has 1 N–H and O–H groups in total. The van der Waals surface area contributed by atoms with Gasteiger partial charge in [-0.05, 0) is 13.0 Å². The van der Waals surface area contributed by atoms with Gasteiger partial charge in [0.25, 0.3) is 0 Å². The second-order valence-electron chi connectivity index (χ2n) is 3.51. The standard InChI is InChI=1S/C8H16N2O/c1-6-4-10(3)5-8(6)9-7(2)11/h6,8H,4-5H2,1-3H3,(H,9,11). The number of rotatable bonds is 1. The van der Waals surface area contributed by atoms with Crippen molar-refractivity contribution in [3.63, 3.8) is 0 Å². The summed E-state index contributed by atoms with van der Waals surface area (Å²) in [5.74, 6) is 0.668. The highest BCUT2D eigenvalue weighted by Gasteiger charge is 2.27. The lowest BCUT2D eigenvalue weighted by Gasteiger charge is -2.14. The summed E-state index contributed by atoms with van der Waals surface area (Å²) in [6.07, 6.45) is 0. The molecule has 0 radical (unpaired) electrons. The average Bonchev–Trinajstić information content (AvgIpc) is 2.09. The van der Waals surface area contributed by atoms with Crippen LogP contribution in [0.2, 0.25) is 0 Å². The van der Waals surface area contributed by atoms with Crippen LogP contribution in [0.25, 0.3) is 0 Å². The zero-order valence-corrected chi connectivity index (χ0v) is 7.42. The molecule has 0 aromatic rings. The molecule has 0 saturated carbocycles. The van der Waals surface area contributed by atoms with Crippen molar-refractivity contribution in [3.05, 3.63) is 0 Å². The Kier molecular flexibility index (Phi) is 2.49. The number of nitrogens with one attached hydrogen (secondary N) is 1. The Bertz CT molecular complexity index is 158. The molecule has 0 aromatic carbocycles. The molecule has 1 aliphatic heterocycles. The van der Waals surface area contributed by atoms with Crippen LogP contribution in [0.5, 0.6) is 0 Å². The van der Waals surface area contributed by atoms with Crippen LogP contribution in [0.3, 0.4) is 0 Å². The van der Waals surface area contributed by atoms with E-state index in [9.17, 15) is 4.79 Å². The molecule has 0 bridgehead atoms. The number of carbonyl (C=O) groups excluding carboxylic acids is 1. The van der Waals surface area contributed by atoms with E-state index in [1.54, 1.807) is 6.92 Å². The summed E-state index contributed by atoms with van der Waals surface area (Å²) in [4.78, 5) is 13.0. The fourth-order valence-corrected chi connectivity index (χ4v) is 1.66. The molecule has 3 heteroatoms. The highest BCUT2D eigenvalue weighted by molar-refractivity contribution is 5.73. The van der Waals surface area contributed by atoms with E-state index < -0.39 is 0 Å². The van der Waals surface area contributed by atoms with Crippen LogP contribution in [0.4, 0.5) is 0 Å². The maximum absolute atomic E-state index is 10.7. The first-order valence-corrected chi connectivity index (χ1v) is 4.05. The van der Waals surface area contributed by atoms with Crippen molar-refractivity contribution >= 4 is 5.91 Å². The second-order valence-corrected chi connectivity index (χ2v) is 3.51. The van der Waals surface area contributed by atoms with Gasteiger partial charge in [0.05, 0.1) is 0 Å². The van der Waals surface area contributed by atoms with Crippen molar-refractivity contribution < 1.29 is 4.79 Å². The lowest BCUT2D eigenvalue weighted by Crippen LogP contribution is -2.38. The molecule has 3 nitrogen and oxygen atoms in total. The molecule has 11 heavy (non-hydrogen) atoms. The van der Waals surface area contributed by atoms with Gasteiger partial charge >= 0.3 is 0 Å². The smallest absolute Gasteiger partial charge is 0.217 e. The van der Waals surface area contributed by atoms with Crippen molar-refractivity contribution in [2.24, 2.45) is 5.92 Å². The minimum atomic E-state index is 0.0807. The van der Waals surface area contributed by atoms with Crippen LogP contribution in [0.1, 0.15) is 13.8 Å². The summed E-state index contributed by atoms with van der Waals surface area (Å²) in [6, 6.07) is 0.359. The van der Waals surface area contributed by atoms with E-state index in [2.05, 4.69) is 24.2 Å². The highest BCUT2D eigenvalue weighted by Crippen LogP contribution is 2.13. The summed E-state index contributed by atoms with van der Waals surface area (Å²) in [7, 11) is 2.08. The third-order valence-corrected chi connectivity index (χ3v) is 2.18. The quantitative estimate of drug-likeness (QED) is 0.583. The summed E-state index contributed by atoms with van der Waals surface area (Å²) in [5, 5.41) is 2.94. The van der Waals surface area contributed by atoms with Crippen LogP contribution in [-0.2, 0) is 4.79 Å². The number of likely N-dealkylation sites (N-methyl/N-ethyl adjacent to an activating group) is 1. The highest BCUT2D eigenvalue weighted by atomic mass is 16.1. The topological polar surface area (TPSA) is 32.3 Å². The third-order valence-electron chi connectivity index (χ3n) is 2.18. The molecule has 0 spiro atoms. The molecule has 1 aliphatic rings. The van der Waals surface area contributed by atoms with Gasteiger partial charge in [-0.25, -0.2) is 0 Å². The predicted molar refractivity (Wildman–Crippen MR) is 44.3 cm³/mol. The van der Waals surface area contributed by atoms with Gasteiger partial charge in [-0.1, -0.05) is 6.92 Å². The first kappa shape index (κ1) is 8.53. The van der Waals surface area contributed by atoms with Gasteiger partial charge in [-0.15, -0.1) is 0 Å². The number of carbonyl (C=O) groups is 1. The van der Waals surface area contributed by atoms with Crippen LogP contribution in [-0.4, -0.2) is 37.0 Å². The van der Waals surface area contributed by atoms with Crippen molar-refractivity contribution in [3.8, 4) is 0 Å². The Morgan fingerprint density at radius 1 is 1.55 bits per heavy atom. The Morgan fingerprint density at radius 2 is 2.18 bits per heavy atom. The summed E-state index contributed by atoms with van der Waals surface area (Å²) < 4.78 is 0. The van der Waals surface area contributed by atoms with Crippen LogP contribution in [0, 0.1) is 5.92 Å². The molecule has 0 aliphatic carbocycles. The molecule has 1 heterocycles. The van der Waals surface area contributed by atoms with Gasteiger partial charge in [-0.3, -0.25) is 4.79 Å². The van der Waals surface area contributed by atoms with E-state index in [0.29, 0.717) is 12.0 Å². The van der Waals surface area contributed by atoms with E-state index in [-0.39, 0.29) is 5.91 Å². The monoisotopic (exact) mass is 156 g/mol. The molecule has 1 amide bonds. The lowest BCUT2D eigenvalue weighted by atomic mass is 10.1. The van der Waals surface area contributed by atoms with Gasteiger partial charge in [0.2, 0.25) is 5.91 Å². The van der Waals surface area contributed by atoms with Crippen molar-refractivity contribution in [2.45, 2.75) is 19.9 Å². The minimum Gasteiger partial charge on any atom is -0.352 e. The van der Waals surface area contributed by atoms with Gasteiger partial charge in [0, 0.05) is 26.1 Å². The van der Waals surface area contributed by atoms with Crippen LogP contribution < -0.4 is 5.32 Å². The summed E-state index contributed by atoms with van der Waals surface area (Å²) in [6.45, 7) is 5.82. The van der Waals surface area contributed by atoms with E-state index in [4.69, 9.17) is 0 Å². The SMILES string of the molecule is CC(=O)NC1CN(C)CC1C. The second kappa shape index (κ2) is 3.22. The molecule has 1 saturated heterocycles. The van der Waals surface area contributed by atoms with Crippen LogP contribution in [0.15, 0.2) is 0 Å². The Hall–Kier alpha value is -0.570.